The second-order valence-corrected chi connectivity index (χ2v) is 10.7. The van der Waals surface area contributed by atoms with E-state index in [9.17, 15) is 19.1 Å². The summed E-state index contributed by atoms with van der Waals surface area (Å²) in [5.41, 5.74) is 3.32. The number of H-pyrrole nitrogens is 2. The van der Waals surface area contributed by atoms with E-state index in [0.29, 0.717) is 56.1 Å². The third-order valence-corrected chi connectivity index (χ3v) is 8.30. The number of fused-ring (bicyclic) bond motifs is 2. The number of hydrogen-bond donors (Lipinski definition) is 3. The molecule has 1 aliphatic carbocycles. The van der Waals surface area contributed by atoms with Gasteiger partial charge in [-0.2, -0.15) is 0 Å². The summed E-state index contributed by atoms with van der Waals surface area (Å²) in [6, 6.07) is 11.8. The lowest BCUT2D eigenvalue weighted by Gasteiger charge is -2.37. The molecule has 9 heteroatoms. The number of rotatable bonds is 4. The molecule has 0 radical (unpaired) electrons. The summed E-state index contributed by atoms with van der Waals surface area (Å²) in [7, 11) is 0. The highest BCUT2D eigenvalue weighted by atomic mass is 79.9. The Hall–Kier alpha value is -2.97. The van der Waals surface area contributed by atoms with Crippen molar-refractivity contribution in [2.75, 3.05) is 0 Å². The van der Waals surface area contributed by atoms with E-state index < -0.39 is 11.4 Å². The van der Waals surface area contributed by atoms with Crippen LogP contribution in [0.25, 0.3) is 32.9 Å². The molecule has 0 bridgehead atoms. The van der Waals surface area contributed by atoms with Crippen LogP contribution in [0, 0.1) is 5.82 Å². The highest BCUT2D eigenvalue weighted by Crippen LogP contribution is 2.43. The van der Waals surface area contributed by atoms with Gasteiger partial charge in [-0.3, -0.25) is 9.59 Å². The van der Waals surface area contributed by atoms with Crippen molar-refractivity contribution in [1.29, 1.82) is 0 Å². The van der Waals surface area contributed by atoms with E-state index in [2.05, 4.69) is 25.9 Å². The van der Waals surface area contributed by atoms with E-state index in [1.165, 1.54) is 6.07 Å². The molecule has 0 unspecified atom stereocenters. The Morgan fingerprint density at radius 1 is 0.865 bits per heavy atom. The molecule has 3 N–H and O–H groups in total. The van der Waals surface area contributed by atoms with Gasteiger partial charge < -0.3 is 15.1 Å². The lowest BCUT2D eigenvalue weighted by molar-refractivity contribution is -0.0390. The minimum Gasteiger partial charge on any atom is -0.385 e. The van der Waals surface area contributed by atoms with Crippen molar-refractivity contribution in [1.82, 2.24) is 9.97 Å². The van der Waals surface area contributed by atoms with E-state index in [-0.39, 0.29) is 0 Å². The number of carbonyl (C=O) groups excluding carboxylic acids is 2. The number of aromatic nitrogens is 2. The third kappa shape index (κ3) is 4.73. The molecule has 0 aliphatic heterocycles. The lowest BCUT2D eigenvalue weighted by Crippen LogP contribution is -2.33. The molecule has 37 heavy (non-hydrogen) atoms. The monoisotopic (exact) mass is 600 g/mol. The Labute approximate surface area is 229 Å². The Kier molecular flexibility index (Phi) is 6.98. The van der Waals surface area contributed by atoms with Crippen LogP contribution in [0.15, 0.2) is 59.3 Å². The van der Waals surface area contributed by atoms with Crippen LogP contribution >= 0.6 is 39.1 Å². The highest BCUT2D eigenvalue weighted by molar-refractivity contribution is 9.10. The Balaban J connectivity index is 0.000000182. The van der Waals surface area contributed by atoms with Crippen molar-refractivity contribution in [2.24, 2.45) is 0 Å². The number of nitrogens with one attached hydrogen (secondary N) is 2. The first-order valence-electron chi connectivity index (χ1n) is 11.4. The number of aldehydes is 2. The van der Waals surface area contributed by atoms with Gasteiger partial charge in [0.25, 0.3) is 0 Å². The standard InChI is InChI=1S/C19H15ClFNO2.C9H5BrClNO/c20-16-8-18-14(11(10-23)9-22-18)7-15(16)13-3-2-12(6-17(13)21)19(24)4-1-5-19;10-7-1-6-5(4-13)3-12-9(6)2-8(7)11/h2-3,6-10,22,24H,1,4-5H2;1-4,12H. The average molecular weight is 602 g/mol. The number of hydrogen-bond acceptors (Lipinski definition) is 3. The van der Waals surface area contributed by atoms with Crippen molar-refractivity contribution < 1.29 is 19.1 Å². The molecular formula is C28H20BrCl2FN2O3. The molecule has 0 spiro atoms. The van der Waals surface area contributed by atoms with Crippen LogP contribution in [0.4, 0.5) is 4.39 Å². The van der Waals surface area contributed by atoms with Crippen molar-refractivity contribution >= 4 is 73.5 Å². The zero-order chi connectivity index (χ0) is 26.3. The quantitative estimate of drug-likeness (QED) is 0.181. The second kappa shape index (κ2) is 10.1. The summed E-state index contributed by atoms with van der Waals surface area (Å²) in [4.78, 5) is 27.7. The maximum absolute atomic E-state index is 14.7. The molecule has 1 fully saturated rings. The summed E-state index contributed by atoms with van der Waals surface area (Å²) in [6.07, 6.45) is 7.10. The summed E-state index contributed by atoms with van der Waals surface area (Å²) in [6.45, 7) is 0. The van der Waals surface area contributed by atoms with Crippen molar-refractivity contribution in [2.45, 2.75) is 24.9 Å². The predicted octanol–water partition coefficient (Wildman–Crippen LogP) is 8.21. The van der Waals surface area contributed by atoms with Crippen LogP contribution < -0.4 is 0 Å². The largest absolute Gasteiger partial charge is 0.385 e. The predicted molar refractivity (Wildman–Crippen MR) is 148 cm³/mol. The fraction of sp³-hybridized carbons (Fsp3) is 0.143. The SMILES string of the molecule is O=Cc1c[nH]c2cc(Cl)c(-c3ccc(C4(O)CCC4)cc3F)cc12.O=Cc1c[nH]c2cc(Cl)c(Br)cc12. The van der Waals surface area contributed by atoms with Crippen LogP contribution in [0.2, 0.25) is 10.0 Å². The number of carbonyl (C=O) groups is 2. The normalized spacial score (nSPS) is 14.2. The van der Waals surface area contributed by atoms with Gasteiger partial charge in [0.2, 0.25) is 0 Å². The number of aromatic amines is 2. The fourth-order valence-electron chi connectivity index (χ4n) is 4.53. The Bertz CT molecular complexity index is 1670. The average Bonchev–Trinajstić information content (AvgIpc) is 3.45. The summed E-state index contributed by atoms with van der Waals surface area (Å²) < 4.78 is 15.5. The molecule has 0 amide bonds. The molecule has 3 aromatic carbocycles. The second-order valence-electron chi connectivity index (χ2n) is 8.99. The molecule has 1 saturated carbocycles. The molecule has 5 aromatic rings. The molecular weight excluding hydrogens is 582 g/mol. The summed E-state index contributed by atoms with van der Waals surface area (Å²) >= 11 is 15.5. The van der Waals surface area contributed by atoms with E-state index in [1.54, 1.807) is 42.7 Å². The van der Waals surface area contributed by atoms with Crippen molar-refractivity contribution in [3.8, 4) is 11.1 Å². The number of aliphatic hydroxyl groups is 1. The molecule has 2 heterocycles. The number of benzene rings is 3. The minimum absolute atomic E-state index is 0.353. The zero-order valence-corrected chi connectivity index (χ0v) is 22.3. The van der Waals surface area contributed by atoms with Crippen LogP contribution in [0.3, 0.4) is 0 Å². The van der Waals surface area contributed by atoms with Gasteiger partial charge in [0, 0.05) is 60.9 Å². The Morgan fingerprint density at radius 3 is 2.00 bits per heavy atom. The maximum Gasteiger partial charge on any atom is 0.152 e. The van der Waals surface area contributed by atoms with Crippen LogP contribution in [-0.4, -0.2) is 27.6 Å². The topological polar surface area (TPSA) is 85.9 Å². The fourth-order valence-corrected chi connectivity index (χ4v) is 5.30. The van der Waals surface area contributed by atoms with Gasteiger partial charge in [-0.15, -0.1) is 0 Å². The molecule has 0 saturated heterocycles. The van der Waals surface area contributed by atoms with E-state index in [4.69, 9.17) is 23.2 Å². The molecule has 2 aromatic heterocycles. The molecule has 6 rings (SSSR count). The van der Waals surface area contributed by atoms with Gasteiger partial charge in [-0.1, -0.05) is 35.3 Å². The van der Waals surface area contributed by atoms with Gasteiger partial charge in [0.05, 0.1) is 15.6 Å². The van der Waals surface area contributed by atoms with Crippen molar-refractivity contribution in [3.05, 3.63) is 91.9 Å². The van der Waals surface area contributed by atoms with Gasteiger partial charge in [0.15, 0.2) is 12.6 Å². The van der Waals surface area contributed by atoms with Crippen LogP contribution in [0.1, 0.15) is 45.5 Å². The van der Waals surface area contributed by atoms with Gasteiger partial charge in [-0.25, -0.2) is 4.39 Å². The van der Waals surface area contributed by atoms with E-state index in [0.717, 1.165) is 39.9 Å². The maximum atomic E-state index is 14.7. The van der Waals surface area contributed by atoms with E-state index >= 15 is 0 Å². The summed E-state index contributed by atoms with van der Waals surface area (Å²) in [5, 5.41) is 13.0. The zero-order valence-electron chi connectivity index (χ0n) is 19.2. The highest BCUT2D eigenvalue weighted by Gasteiger charge is 2.36. The smallest absolute Gasteiger partial charge is 0.152 e. The molecule has 5 nitrogen and oxygen atoms in total. The van der Waals surface area contributed by atoms with Gasteiger partial charge in [0.1, 0.15) is 5.82 Å². The first kappa shape index (κ1) is 25.7. The van der Waals surface area contributed by atoms with Crippen LogP contribution in [-0.2, 0) is 5.60 Å². The molecule has 1 aliphatic rings. The van der Waals surface area contributed by atoms with Gasteiger partial charge >= 0.3 is 0 Å². The summed E-state index contributed by atoms with van der Waals surface area (Å²) in [5.74, 6) is -0.433. The minimum atomic E-state index is -0.904. The van der Waals surface area contributed by atoms with E-state index in [1.807, 2.05) is 6.07 Å². The third-order valence-electron chi connectivity index (χ3n) is 6.79. The lowest BCUT2D eigenvalue weighted by atomic mass is 9.75. The van der Waals surface area contributed by atoms with Crippen molar-refractivity contribution in [3.63, 3.8) is 0 Å². The van der Waals surface area contributed by atoms with Crippen LogP contribution in [0.5, 0.6) is 0 Å². The molecule has 0 atom stereocenters. The Morgan fingerprint density at radius 2 is 1.46 bits per heavy atom. The number of halogens is 4. The molecule has 188 valence electrons. The first-order chi connectivity index (χ1) is 17.7. The van der Waals surface area contributed by atoms with Gasteiger partial charge in [-0.05, 0) is 71.1 Å². The first-order valence-corrected chi connectivity index (χ1v) is 13.0.